The fourth-order valence-electron chi connectivity index (χ4n) is 4.10. The number of nitrogens with zero attached hydrogens (tertiary/aromatic N) is 2. The van der Waals surface area contributed by atoms with Crippen LogP contribution in [0.25, 0.3) is 11.3 Å². The van der Waals surface area contributed by atoms with Crippen LogP contribution in [0.3, 0.4) is 0 Å². The normalized spacial score (nSPS) is 15.8. The SMILES string of the molecule is COc1ncccc1-c1nc(NC(=O)C2(c3ccc4c(c3)CCO4)CC2)ccc1C. The molecule has 0 atom stereocenters. The monoisotopic (exact) mass is 401 g/mol. The van der Waals surface area contributed by atoms with Gasteiger partial charge < -0.3 is 14.8 Å². The van der Waals surface area contributed by atoms with Crippen molar-refractivity contribution in [1.82, 2.24) is 9.97 Å². The van der Waals surface area contributed by atoms with E-state index < -0.39 is 5.41 Å². The fourth-order valence-corrected chi connectivity index (χ4v) is 4.10. The van der Waals surface area contributed by atoms with E-state index in [9.17, 15) is 4.79 Å². The zero-order valence-corrected chi connectivity index (χ0v) is 17.1. The summed E-state index contributed by atoms with van der Waals surface area (Å²) >= 11 is 0. The maximum atomic E-state index is 13.2. The van der Waals surface area contributed by atoms with Crippen molar-refractivity contribution in [2.75, 3.05) is 19.0 Å². The molecule has 0 radical (unpaired) electrons. The summed E-state index contributed by atoms with van der Waals surface area (Å²) in [6, 6.07) is 13.7. The van der Waals surface area contributed by atoms with Crippen LogP contribution < -0.4 is 14.8 Å². The highest BCUT2D eigenvalue weighted by Gasteiger charge is 2.51. The first-order valence-electron chi connectivity index (χ1n) is 10.2. The topological polar surface area (TPSA) is 73.3 Å². The first-order chi connectivity index (χ1) is 14.6. The smallest absolute Gasteiger partial charge is 0.236 e. The van der Waals surface area contributed by atoms with Gasteiger partial charge in [0.1, 0.15) is 11.6 Å². The Labute approximate surface area is 175 Å². The third-order valence-electron chi connectivity index (χ3n) is 5.98. The number of anilines is 1. The zero-order chi connectivity index (χ0) is 20.7. The van der Waals surface area contributed by atoms with Gasteiger partial charge in [0.15, 0.2) is 0 Å². The van der Waals surface area contributed by atoms with E-state index in [-0.39, 0.29) is 5.91 Å². The van der Waals surface area contributed by atoms with Crippen molar-refractivity contribution < 1.29 is 14.3 Å². The highest BCUT2D eigenvalue weighted by atomic mass is 16.5. The minimum atomic E-state index is -0.476. The zero-order valence-electron chi connectivity index (χ0n) is 17.1. The molecule has 30 heavy (non-hydrogen) atoms. The van der Waals surface area contributed by atoms with E-state index in [2.05, 4.69) is 16.4 Å². The van der Waals surface area contributed by atoms with Crippen molar-refractivity contribution in [3.8, 4) is 22.9 Å². The van der Waals surface area contributed by atoms with E-state index in [4.69, 9.17) is 14.5 Å². The molecule has 2 aliphatic rings. The number of pyridine rings is 2. The summed E-state index contributed by atoms with van der Waals surface area (Å²) in [6.07, 6.45) is 4.26. The van der Waals surface area contributed by atoms with E-state index in [0.717, 1.165) is 47.4 Å². The van der Waals surface area contributed by atoms with Crippen LogP contribution in [0.4, 0.5) is 5.82 Å². The molecule has 0 bridgehead atoms. The number of methoxy groups -OCH3 is 1. The number of fused-ring (bicyclic) bond motifs is 1. The summed E-state index contributed by atoms with van der Waals surface area (Å²) in [7, 11) is 1.59. The Morgan fingerprint density at radius 2 is 2.07 bits per heavy atom. The third-order valence-corrected chi connectivity index (χ3v) is 5.98. The number of hydrogen-bond acceptors (Lipinski definition) is 5. The lowest BCUT2D eigenvalue weighted by atomic mass is 9.93. The molecule has 5 rings (SSSR count). The van der Waals surface area contributed by atoms with E-state index in [0.29, 0.717) is 18.3 Å². The molecule has 1 aromatic carbocycles. The molecule has 1 amide bonds. The van der Waals surface area contributed by atoms with Gasteiger partial charge in [-0.3, -0.25) is 4.79 Å². The molecule has 1 fully saturated rings. The molecule has 1 aliphatic carbocycles. The highest BCUT2D eigenvalue weighted by molar-refractivity contribution is 6.01. The van der Waals surface area contributed by atoms with Crippen LogP contribution in [0, 0.1) is 6.92 Å². The number of carbonyl (C=O) groups is 1. The first-order valence-corrected chi connectivity index (χ1v) is 10.2. The summed E-state index contributed by atoms with van der Waals surface area (Å²) in [6.45, 7) is 2.70. The Bertz CT molecular complexity index is 1140. The molecule has 6 heteroatoms. The second kappa shape index (κ2) is 7.13. The fraction of sp³-hybridized carbons (Fsp3) is 0.292. The summed E-state index contributed by atoms with van der Waals surface area (Å²) in [5.74, 6) is 1.96. The molecule has 1 aliphatic heterocycles. The van der Waals surface area contributed by atoms with Gasteiger partial charge in [0.05, 0.1) is 30.4 Å². The number of benzene rings is 1. The Balaban J connectivity index is 1.43. The minimum absolute atomic E-state index is 0.0122. The van der Waals surface area contributed by atoms with Crippen LogP contribution in [0.1, 0.15) is 29.5 Å². The number of hydrogen-bond donors (Lipinski definition) is 1. The first kappa shape index (κ1) is 18.6. The van der Waals surface area contributed by atoms with Crippen molar-refractivity contribution in [1.29, 1.82) is 0 Å². The van der Waals surface area contributed by atoms with E-state index in [1.54, 1.807) is 13.3 Å². The van der Waals surface area contributed by atoms with Crippen molar-refractivity contribution in [3.63, 3.8) is 0 Å². The number of nitrogens with one attached hydrogen (secondary N) is 1. The molecule has 152 valence electrons. The van der Waals surface area contributed by atoms with E-state index in [1.165, 1.54) is 5.56 Å². The van der Waals surface area contributed by atoms with E-state index >= 15 is 0 Å². The maximum absolute atomic E-state index is 13.2. The summed E-state index contributed by atoms with van der Waals surface area (Å²) in [4.78, 5) is 22.2. The van der Waals surface area contributed by atoms with Crippen LogP contribution >= 0.6 is 0 Å². The highest BCUT2D eigenvalue weighted by Crippen LogP contribution is 2.50. The lowest BCUT2D eigenvalue weighted by Crippen LogP contribution is -2.28. The van der Waals surface area contributed by atoms with Crippen molar-refractivity contribution in [2.24, 2.45) is 0 Å². The standard InChI is InChI=1S/C24H23N3O3/c1-15-5-8-20(26-21(15)18-4-3-12-25-22(18)29-2)27-23(28)24(10-11-24)17-6-7-19-16(14-17)9-13-30-19/h3-8,12,14H,9-11,13H2,1-2H3,(H,26,27,28). The second-order valence-electron chi connectivity index (χ2n) is 7.88. The van der Waals surface area contributed by atoms with Gasteiger partial charge >= 0.3 is 0 Å². The Kier molecular flexibility index (Phi) is 4.42. The van der Waals surface area contributed by atoms with Gasteiger partial charge in [0.2, 0.25) is 11.8 Å². The molecule has 1 N–H and O–H groups in total. The molecule has 3 aromatic rings. The lowest BCUT2D eigenvalue weighted by molar-refractivity contribution is -0.118. The molecular weight excluding hydrogens is 378 g/mol. The predicted octanol–water partition coefficient (Wildman–Crippen LogP) is 4.07. The number of amides is 1. The van der Waals surface area contributed by atoms with Gasteiger partial charge in [-0.25, -0.2) is 9.97 Å². The summed E-state index contributed by atoms with van der Waals surface area (Å²) in [5.41, 5.74) is 4.30. The van der Waals surface area contributed by atoms with Crippen molar-refractivity contribution >= 4 is 11.7 Å². The average molecular weight is 401 g/mol. The predicted molar refractivity (Wildman–Crippen MR) is 114 cm³/mol. The van der Waals surface area contributed by atoms with Gasteiger partial charge in [-0.15, -0.1) is 0 Å². The van der Waals surface area contributed by atoms with Gasteiger partial charge in [-0.05, 0) is 60.7 Å². The number of carbonyl (C=O) groups excluding carboxylic acids is 1. The van der Waals surface area contributed by atoms with Crippen LogP contribution in [0.5, 0.6) is 11.6 Å². The number of ether oxygens (including phenoxy) is 2. The maximum Gasteiger partial charge on any atom is 0.236 e. The third kappa shape index (κ3) is 3.09. The van der Waals surface area contributed by atoms with Crippen LogP contribution in [-0.4, -0.2) is 29.6 Å². The molecular formula is C24H23N3O3. The van der Waals surface area contributed by atoms with Gasteiger partial charge in [-0.1, -0.05) is 18.2 Å². The second-order valence-corrected chi connectivity index (χ2v) is 7.88. The molecule has 6 nitrogen and oxygen atoms in total. The minimum Gasteiger partial charge on any atom is -0.493 e. The van der Waals surface area contributed by atoms with Gasteiger partial charge in [0.25, 0.3) is 0 Å². The Hall–Kier alpha value is -3.41. The quantitative estimate of drug-likeness (QED) is 0.698. The number of aryl methyl sites for hydroxylation is 1. The van der Waals surface area contributed by atoms with Crippen LogP contribution in [-0.2, 0) is 16.6 Å². The summed E-state index contributed by atoms with van der Waals surface area (Å²) in [5, 5.41) is 3.04. The molecule has 0 unspecified atom stereocenters. The van der Waals surface area contributed by atoms with Gasteiger partial charge in [-0.2, -0.15) is 0 Å². The van der Waals surface area contributed by atoms with Crippen LogP contribution in [0.15, 0.2) is 48.7 Å². The Morgan fingerprint density at radius 1 is 1.20 bits per heavy atom. The molecule has 3 heterocycles. The lowest BCUT2D eigenvalue weighted by Gasteiger charge is -2.17. The molecule has 0 spiro atoms. The number of rotatable bonds is 5. The molecule has 1 saturated carbocycles. The Morgan fingerprint density at radius 3 is 2.87 bits per heavy atom. The van der Waals surface area contributed by atoms with Crippen molar-refractivity contribution in [3.05, 3.63) is 65.4 Å². The summed E-state index contributed by atoms with van der Waals surface area (Å²) < 4.78 is 11.0. The average Bonchev–Trinajstić information content (AvgIpc) is 3.46. The van der Waals surface area contributed by atoms with E-state index in [1.807, 2.05) is 43.3 Å². The largest absolute Gasteiger partial charge is 0.493 e. The number of aromatic nitrogens is 2. The molecule has 2 aromatic heterocycles. The van der Waals surface area contributed by atoms with Crippen LogP contribution in [0.2, 0.25) is 0 Å². The molecule has 0 saturated heterocycles. The van der Waals surface area contributed by atoms with Gasteiger partial charge in [0, 0.05) is 12.6 Å². The van der Waals surface area contributed by atoms with Crippen molar-refractivity contribution in [2.45, 2.75) is 31.6 Å².